The Kier molecular flexibility index (Phi) is 5.65. The van der Waals surface area contributed by atoms with E-state index < -0.39 is 0 Å². The number of rotatable bonds is 5. The fraction of sp³-hybridized carbons (Fsp3) is 0.385. The summed E-state index contributed by atoms with van der Waals surface area (Å²) >= 11 is 5.75. The zero-order chi connectivity index (χ0) is 13.5. The van der Waals surface area contributed by atoms with Crippen LogP contribution >= 0.6 is 11.6 Å². The van der Waals surface area contributed by atoms with Crippen LogP contribution in [-0.2, 0) is 20.7 Å². The van der Waals surface area contributed by atoms with Gasteiger partial charge in [-0.3, -0.25) is 9.59 Å². The van der Waals surface area contributed by atoms with Gasteiger partial charge in [-0.1, -0.05) is 23.7 Å². The predicted molar refractivity (Wildman–Crippen MR) is 69.4 cm³/mol. The van der Waals surface area contributed by atoms with Gasteiger partial charge < -0.3 is 10.1 Å². The molecule has 18 heavy (non-hydrogen) atoms. The average molecular weight is 270 g/mol. The van der Waals surface area contributed by atoms with Crippen LogP contribution in [0.5, 0.6) is 0 Å². The van der Waals surface area contributed by atoms with Gasteiger partial charge >= 0.3 is 5.97 Å². The Morgan fingerprint density at radius 2 is 1.94 bits per heavy atom. The molecule has 5 heteroatoms. The highest BCUT2D eigenvalue weighted by Crippen LogP contribution is 2.10. The van der Waals surface area contributed by atoms with E-state index in [1.807, 2.05) is 0 Å². The van der Waals surface area contributed by atoms with Crippen LogP contribution < -0.4 is 5.32 Å². The largest absolute Gasteiger partial charge is 0.469 e. The Hall–Kier alpha value is -1.55. The Morgan fingerprint density at radius 1 is 1.33 bits per heavy atom. The minimum absolute atomic E-state index is 0.131. The maximum absolute atomic E-state index is 11.7. The quantitative estimate of drug-likeness (QED) is 0.832. The molecule has 0 aromatic heterocycles. The normalized spacial score (nSPS) is 11.7. The minimum atomic E-state index is -0.339. The second kappa shape index (κ2) is 7.01. The van der Waals surface area contributed by atoms with Crippen molar-refractivity contribution < 1.29 is 14.3 Å². The molecule has 1 aromatic carbocycles. The molecule has 1 amide bonds. The van der Waals surface area contributed by atoms with Gasteiger partial charge in [0.05, 0.1) is 20.0 Å². The lowest BCUT2D eigenvalue weighted by molar-refractivity contribution is -0.141. The van der Waals surface area contributed by atoms with Gasteiger partial charge in [0.2, 0.25) is 5.91 Å². The Morgan fingerprint density at radius 3 is 2.50 bits per heavy atom. The molecule has 1 unspecified atom stereocenters. The zero-order valence-corrected chi connectivity index (χ0v) is 11.2. The lowest BCUT2D eigenvalue weighted by Gasteiger charge is -2.12. The van der Waals surface area contributed by atoms with Gasteiger partial charge in [0.25, 0.3) is 0 Å². The number of ether oxygens (including phenoxy) is 1. The molecule has 0 aliphatic carbocycles. The van der Waals surface area contributed by atoms with Crippen LogP contribution in [0.25, 0.3) is 0 Å². The van der Waals surface area contributed by atoms with Crippen molar-refractivity contribution in [2.24, 2.45) is 0 Å². The highest BCUT2D eigenvalue weighted by molar-refractivity contribution is 6.30. The van der Waals surface area contributed by atoms with E-state index in [0.717, 1.165) is 5.56 Å². The first-order chi connectivity index (χ1) is 8.51. The minimum Gasteiger partial charge on any atom is -0.469 e. The molecule has 0 saturated heterocycles. The Labute approximate surface area is 111 Å². The van der Waals surface area contributed by atoms with Crippen molar-refractivity contribution in [3.8, 4) is 0 Å². The third-order valence-electron chi connectivity index (χ3n) is 2.39. The zero-order valence-electron chi connectivity index (χ0n) is 10.4. The summed E-state index contributed by atoms with van der Waals surface area (Å²) in [6.07, 6.45) is 0.436. The van der Waals surface area contributed by atoms with E-state index in [2.05, 4.69) is 10.1 Å². The first kappa shape index (κ1) is 14.5. The number of methoxy groups -OCH3 is 1. The summed E-state index contributed by atoms with van der Waals surface area (Å²) in [7, 11) is 1.32. The summed E-state index contributed by atoms with van der Waals surface area (Å²) in [6, 6.07) is 6.83. The number of carbonyl (C=O) groups is 2. The summed E-state index contributed by atoms with van der Waals surface area (Å²) < 4.78 is 4.53. The van der Waals surface area contributed by atoms with Gasteiger partial charge in [0.15, 0.2) is 0 Å². The molecule has 4 nitrogen and oxygen atoms in total. The van der Waals surface area contributed by atoms with E-state index in [1.54, 1.807) is 31.2 Å². The van der Waals surface area contributed by atoms with Crippen LogP contribution in [0.3, 0.4) is 0 Å². The van der Waals surface area contributed by atoms with Gasteiger partial charge in [-0.05, 0) is 24.6 Å². The lowest BCUT2D eigenvalue weighted by atomic mass is 10.1. The monoisotopic (exact) mass is 269 g/mol. The second-order valence-electron chi connectivity index (χ2n) is 4.05. The van der Waals surface area contributed by atoms with E-state index >= 15 is 0 Å². The molecule has 1 N–H and O–H groups in total. The maximum Gasteiger partial charge on any atom is 0.307 e. The smallest absolute Gasteiger partial charge is 0.307 e. The number of nitrogens with one attached hydrogen (secondary N) is 1. The molecule has 0 bridgehead atoms. The number of amides is 1. The van der Waals surface area contributed by atoms with Crippen LogP contribution in [0.1, 0.15) is 18.9 Å². The average Bonchev–Trinajstić information content (AvgIpc) is 2.31. The first-order valence-corrected chi connectivity index (χ1v) is 5.99. The second-order valence-corrected chi connectivity index (χ2v) is 4.49. The van der Waals surface area contributed by atoms with Crippen molar-refractivity contribution in [1.29, 1.82) is 0 Å². The molecule has 1 rings (SSSR count). The molecule has 0 aliphatic heterocycles. The van der Waals surface area contributed by atoms with Crippen molar-refractivity contribution >= 4 is 23.5 Å². The molecule has 0 radical (unpaired) electrons. The van der Waals surface area contributed by atoms with Crippen molar-refractivity contribution in [2.45, 2.75) is 25.8 Å². The summed E-state index contributed by atoms with van der Waals surface area (Å²) in [5.74, 6) is -0.469. The van der Waals surface area contributed by atoms with E-state index in [9.17, 15) is 9.59 Å². The fourth-order valence-electron chi connectivity index (χ4n) is 1.50. The van der Waals surface area contributed by atoms with Crippen molar-refractivity contribution in [3.05, 3.63) is 34.9 Å². The van der Waals surface area contributed by atoms with Crippen LogP contribution in [0, 0.1) is 0 Å². The van der Waals surface area contributed by atoms with E-state index in [1.165, 1.54) is 7.11 Å². The third kappa shape index (κ3) is 5.19. The Bertz CT molecular complexity index is 417. The third-order valence-corrected chi connectivity index (χ3v) is 2.64. The number of carbonyl (C=O) groups excluding carboxylic acids is 2. The number of benzene rings is 1. The standard InChI is InChI=1S/C13H16ClNO3/c1-9(7-13(17)18-2)15-12(16)8-10-3-5-11(14)6-4-10/h3-6,9H,7-8H2,1-2H3,(H,15,16). The van der Waals surface area contributed by atoms with Crippen LogP contribution in [-0.4, -0.2) is 25.0 Å². The van der Waals surface area contributed by atoms with Gasteiger partial charge in [-0.2, -0.15) is 0 Å². The SMILES string of the molecule is COC(=O)CC(C)NC(=O)Cc1ccc(Cl)cc1. The molecule has 0 fully saturated rings. The topological polar surface area (TPSA) is 55.4 Å². The number of halogens is 1. The van der Waals surface area contributed by atoms with Crippen LogP contribution in [0.4, 0.5) is 0 Å². The molecular formula is C13H16ClNO3. The lowest BCUT2D eigenvalue weighted by Crippen LogP contribution is -2.35. The summed E-state index contributed by atoms with van der Waals surface area (Å²) in [4.78, 5) is 22.7. The summed E-state index contributed by atoms with van der Waals surface area (Å²) in [5, 5.41) is 3.37. The van der Waals surface area contributed by atoms with Gasteiger partial charge in [-0.25, -0.2) is 0 Å². The fourth-order valence-corrected chi connectivity index (χ4v) is 1.62. The molecule has 0 spiro atoms. The Balaban J connectivity index is 2.41. The van der Waals surface area contributed by atoms with E-state index in [-0.39, 0.29) is 30.8 Å². The van der Waals surface area contributed by atoms with Crippen molar-refractivity contribution in [3.63, 3.8) is 0 Å². The van der Waals surface area contributed by atoms with E-state index in [4.69, 9.17) is 11.6 Å². The van der Waals surface area contributed by atoms with Gasteiger partial charge in [-0.15, -0.1) is 0 Å². The highest BCUT2D eigenvalue weighted by atomic mass is 35.5. The molecular weight excluding hydrogens is 254 g/mol. The predicted octanol–water partition coefficient (Wildman–Crippen LogP) is 1.95. The molecule has 98 valence electrons. The van der Waals surface area contributed by atoms with Crippen molar-refractivity contribution in [1.82, 2.24) is 5.32 Å². The highest BCUT2D eigenvalue weighted by Gasteiger charge is 2.12. The van der Waals surface area contributed by atoms with E-state index in [0.29, 0.717) is 5.02 Å². The molecule has 0 aliphatic rings. The van der Waals surface area contributed by atoms with Gasteiger partial charge in [0, 0.05) is 11.1 Å². The number of hydrogen-bond acceptors (Lipinski definition) is 3. The molecule has 0 heterocycles. The van der Waals surface area contributed by atoms with Gasteiger partial charge in [0.1, 0.15) is 0 Å². The molecule has 1 atom stereocenters. The van der Waals surface area contributed by atoms with Crippen LogP contribution in [0.2, 0.25) is 5.02 Å². The molecule has 0 saturated carbocycles. The number of hydrogen-bond donors (Lipinski definition) is 1. The maximum atomic E-state index is 11.7. The first-order valence-electron chi connectivity index (χ1n) is 5.62. The van der Waals surface area contributed by atoms with Crippen LogP contribution in [0.15, 0.2) is 24.3 Å². The summed E-state index contributed by atoms with van der Waals surface area (Å²) in [5.41, 5.74) is 0.877. The summed E-state index contributed by atoms with van der Waals surface area (Å²) in [6.45, 7) is 1.76. The molecule has 1 aromatic rings. The number of esters is 1. The van der Waals surface area contributed by atoms with Crippen molar-refractivity contribution in [2.75, 3.05) is 7.11 Å².